The molecule has 2 atom stereocenters. The number of carbonyl (C=O) groups excluding carboxylic acids is 1. The normalized spacial score (nSPS) is 21.6. The Morgan fingerprint density at radius 1 is 1.12 bits per heavy atom. The number of nitrogens with zero attached hydrogens (tertiary/aromatic N) is 1. The average Bonchev–Trinajstić information content (AvgIpc) is 3.29. The minimum atomic E-state index is -0.962. The summed E-state index contributed by atoms with van der Waals surface area (Å²) in [4.78, 5) is 27.0. The van der Waals surface area contributed by atoms with Crippen LogP contribution in [0.1, 0.15) is 48.1 Å². The van der Waals surface area contributed by atoms with Gasteiger partial charge in [0.15, 0.2) is 0 Å². The third-order valence-corrected chi connectivity index (χ3v) is 6.54. The summed E-state index contributed by atoms with van der Waals surface area (Å²) in [6.07, 6.45) is 2.20. The van der Waals surface area contributed by atoms with Gasteiger partial charge < -0.3 is 19.9 Å². The maximum absolute atomic E-state index is 13.6. The highest BCUT2D eigenvalue weighted by Crippen LogP contribution is 2.33. The Labute approximate surface area is 188 Å². The molecular weight excluding hydrogens is 408 g/mol. The summed E-state index contributed by atoms with van der Waals surface area (Å²) in [7, 11) is 0. The van der Waals surface area contributed by atoms with E-state index in [-0.39, 0.29) is 23.6 Å². The maximum Gasteiger partial charge on any atom is 0.335 e. The molecule has 2 saturated heterocycles. The van der Waals surface area contributed by atoms with Gasteiger partial charge in [-0.05, 0) is 56.0 Å². The molecule has 0 aliphatic carbocycles. The fraction of sp³-hybridized carbons (Fsp3) is 0.440. The summed E-state index contributed by atoms with van der Waals surface area (Å²) in [5.74, 6) is -0.116. The fourth-order valence-electron chi connectivity index (χ4n) is 4.63. The van der Waals surface area contributed by atoms with Crippen LogP contribution in [0.15, 0.2) is 54.6 Å². The molecule has 32 heavy (non-hydrogen) atoms. The molecule has 0 aromatic heterocycles. The van der Waals surface area contributed by atoms with Crippen LogP contribution < -0.4 is 10.1 Å². The molecule has 2 N–H and O–H groups in total. The lowest BCUT2D eigenvalue weighted by atomic mass is 9.86. The van der Waals surface area contributed by atoms with Gasteiger partial charge in [-0.25, -0.2) is 4.79 Å². The van der Waals surface area contributed by atoms with Gasteiger partial charge in [0.25, 0.3) is 0 Å². The number of para-hydroxylation sites is 1. The van der Waals surface area contributed by atoms with E-state index in [0.29, 0.717) is 32.6 Å². The first kappa shape index (κ1) is 22.3. The van der Waals surface area contributed by atoms with E-state index in [4.69, 9.17) is 14.6 Å². The summed E-state index contributed by atoms with van der Waals surface area (Å²) in [5.41, 5.74) is 0.481. The second-order valence-electron chi connectivity index (χ2n) is 8.55. The van der Waals surface area contributed by atoms with E-state index in [1.165, 1.54) is 0 Å². The minimum Gasteiger partial charge on any atom is -0.489 e. The van der Waals surface area contributed by atoms with Crippen molar-refractivity contribution in [1.29, 1.82) is 0 Å². The summed E-state index contributed by atoms with van der Waals surface area (Å²) in [5, 5.41) is 12.3. The standard InChI is InChI=1S/C25H30N2O5/c1-18(19-7-9-20(10-8-19)23(28)29)26-24(30)25(12-15-31-16-13-25)27-14-11-22(17-27)32-21-5-3-2-4-6-21/h2-10,18,22H,11-17H2,1H3,(H,26,30)(H,28,29)/t18-,22+/m0/s1. The molecule has 0 bridgehead atoms. The molecule has 7 heteroatoms. The van der Waals surface area contributed by atoms with Crippen LogP contribution in [0.25, 0.3) is 0 Å². The Morgan fingerprint density at radius 2 is 1.81 bits per heavy atom. The number of aromatic carboxylic acids is 1. The summed E-state index contributed by atoms with van der Waals surface area (Å²) >= 11 is 0. The molecule has 0 saturated carbocycles. The van der Waals surface area contributed by atoms with Crippen molar-refractivity contribution in [3.05, 3.63) is 65.7 Å². The van der Waals surface area contributed by atoms with E-state index in [2.05, 4.69) is 10.2 Å². The van der Waals surface area contributed by atoms with Gasteiger partial charge in [-0.3, -0.25) is 9.69 Å². The van der Waals surface area contributed by atoms with Crippen LogP contribution in [0.3, 0.4) is 0 Å². The van der Waals surface area contributed by atoms with Gasteiger partial charge in [0.1, 0.15) is 17.4 Å². The van der Waals surface area contributed by atoms with Crippen molar-refractivity contribution >= 4 is 11.9 Å². The second-order valence-corrected chi connectivity index (χ2v) is 8.55. The van der Waals surface area contributed by atoms with Crippen molar-refractivity contribution in [2.24, 2.45) is 0 Å². The van der Waals surface area contributed by atoms with E-state index in [1.54, 1.807) is 24.3 Å². The molecule has 2 aliphatic rings. The Morgan fingerprint density at radius 3 is 2.47 bits per heavy atom. The highest BCUT2D eigenvalue weighted by Gasteiger charge is 2.48. The van der Waals surface area contributed by atoms with Crippen molar-refractivity contribution in [3.63, 3.8) is 0 Å². The van der Waals surface area contributed by atoms with Gasteiger partial charge in [0, 0.05) is 26.3 Å². The number of nitrogens with one attached hydrogen (secondary N) is 1. The molecular formula is C25H30N2O5. The third-order valence-electron chi connectivity index (χ3n) is 6.54. The quantitative estimate of drug-likeness (QED) is 0.690. The van der Waals surface area contributed by atoms with Crippen LogP contribution >= 0.6 is 0 Å². The molecule has 2 heterocycles. The molecule has 170 valence electrons. The number of carboxylic acids is 1. The lowest BCUT2D eigenvalue weighted by molar-refractivity contribution is -0.140. The highest BCUT2D eigenvalue weighted by atomic mass is 16.5. The number of amides is 1. The van der Waals surface area contributed by atoms with Crippen molar-refractivity contribution in [1.82, 2.24) is 10.2 Å². The van der Waals surface area contributed by atoms with Crippen LogP contribution in [0.5, 0.6) is 5.75 Å². The molecule has 1 amide bonds. The molecule has 2 aliphatic heterocycles. The molecule has 0 unspecified atom stereocenters. The van der Waals surface area contributed by atoms with E-state index in [9.17, 15) is 9.59 Å². The lowest BCUT2D eigenvalue weighted by Gasteiger charge is -2.43. The van der Waals surface area contributed by atoms with Crippen LogP contribution in [-0.4, -0.2) is 59.8 Å². The predicted octanol–water partition coefficient (Wildman–Crippen LogP) is 3.26. The largest absolute Gasteiger partial charge is 0.489 e. The minimum absolute atomic E-state index is 0.00373. The van der Waals surface area contributed by atoms with E-state index in [0.717, 1.165) is 24.3 Å². The number of carboxylic acid groups (broad SMARTS) is 1. The van der Waals surface area contributed by atoms with E-state index in [1.807, 2.05) is 37.3 Å². The molecule has 2 fully saturated rings. The maximum atomic E-state index is 13.6. The average molecular weight is 439 g/mol. The highest BCUT2D eigenvalue weighted by molar-refractivity contribution is 5.88. The number of rotatable bonds is 7. The molecule has 2 aromatic carbocycles. The Hall–Kier alpha value is -2.90. The SMILES string of the molecule is C[C@H](NC(=O)C1(N2CC[C@@H](Oc3ccccc3)C2)CCOCC1)c1ccc(C(=O)O)cc1. The van der Waals surface area contributed by atoms with Crippen LogP contribution in [0.4, 0.5) is 0 Å². The topological polar surface area (TPSA) is 88.1 Å². The number of hydrogen-bond acceptors (Lipinski definition) is 5. The van der Waals surface area contributed by atoms with Crippen molar-refractivity contribution < 1.29 is 24.2 Å². The van der Waals surface area contributed by atoms with Gasteiger partial charge in [0.2, 0.25) is 5.91 Å². The second kappa shape index (κ2) is 9.71. The predicted molar refractivity (Wildman–Crippen MR) is 120 cm³/mol. The van der Waals surface area contributed by atoms with Gasteiger partial charge in [0.05, 0.1) is 11.6 Å². The summed E-state index contributed by atoms with van der Waals surface area (Å²) in [6.45, 7) is 4.52. The number of carbonyl (C=O) groups is 2. The van der Waals surface area contributed by atoms with Gasteiger partial charge in [-0.2, -0.15) is 0 Å². The number of hydrogen-bond donors (Lipinski definition) is 2. The van der Waals surface area contributed by atoms with E-state index >= 15 is 0 Å². The van der Waals surface area contributed by atoms with Gasteiger partial charge >= 0.3 is 5.97 Å². The van der Waals surface area contributed by atoms with Crippen LogP contribution in [-0.2, 0) is 9.53 Å². The van der Waals surface area contributed by atoms with E-state index < -0.39 is 11.5 Å². The fourth-order valence-corrected chi connectivity index (χ4v) is 4.63. The van der Waals surface area contributed by atoms with Gasteiger partial charge in [-0.1, -0.05) is 30.3 Å². The zero-order chi connectivity index (χ0) is 22.6. The van der Waals surface area contributed by atoms with Gasteiger partial charge in [-0.15, -0.1) is 0 Å². The van der Waals surface area contributed by atoms with Crippen molar-refractivity contribution in [2.45, 2.75) is 43.9 Å². The Bertz CT molecular complexity index is 925. The zero-order valence-corrected chi connectivity index (χ0v) is 18.3. The molecule has 0 spiro atoms. The Kier molecular flexibility index (Phi) is 6.77. The zero-order valence-electron chi connectivity index (χ0n) is 18.3. The monoisotopic (exact) mass is 438 g/mol. The smallest absolute Gasteiger partial charge is 0.335 e. The van der Waals surface area contributed by atoms with Crippen LogP contribution in [0.2, 0.25) is 0 Å². The number of benzene rings is 2. The first-order chi connectivity index (χ1) is 15.5. The third kappa shape index (κ3) is 4.79. The first-order valence-corrected chi connectivity index (χ1v) is 11.2. The first-order valence-electron chi connectivity index (χ1n) is 11.2. The summed E-state index contributed by atoms with van der Waals surface area (Å²) in [6, 6.07) is 16.2. The van der Waals surface area contributed by atoms with Crippen LogP contribution in [0, 0.1) is 0 Å². The summed E-state index contributed by atoms with van der Waals surface area (Å²) < 4.78 is 11.7. The molecule has 7 nitrogen and oxygen atoms in total. The Balaban J connectivity index is 1.45. The molecule has 0 radical (unpaired) electrons. The van der Waals surface area contributed by atoms with Crippen molar-refractivity contribution in [3.8, 4) is 5.75 Å². The molecule has 4 rings (SSSR count). The lowest BCUT2D eigenvalue weighted by Crippen LogP contribution is -2.61. The number of ether oxygens (including phenoxy) is 2. The molecule has 2 aromatic rings. The number of likely N-dealkylation sites (tertiary alicyclic amines) is 1. The van der Waals surface area contributed by atoms with Crippen molar-refractivity contribution in [2.75, 3.05) is 26.3 Å².